The molecule has 1 aromatic rings. The molecule has 0 aliphatic carbocycles. The van der Waals surface area contributed by atoms with Crippen LogP contribution in [0.4, 0.5) is 13.2 Å². The number of hydrogen-bond donors (Lipinski definition) is 2. The zero-order valence-corrected chi connectivity index (χ0v) is 12.6. The summed E-state index contributed by atoms with van der Waals surface area (Å²) in [5.41, 5.74) is 0.218. The number of aromatic amines is 1. The van der Waals surface area contributed by atoms with Crippen LogP contribution in [0.25, 0.3) is 0 Å². The van der Waals surface area contributed by atoms with Crippen molar-refractivity contribution in [2.75, 3.05) is 0 Å². The maximum Gasteiger partial charge on any atom is 0.433 e. The van der Waals surface area contributed by atoms with Crippen LogP contribution in [0.5, 0.6) is 0 Å². The molecule has 0 amide bonds. The van der Waals surface area contributed by atoms with Gasteiger partial charge in [0, 0.05) is 12.3 Å². The molecule has 21 heavy (non-hydrogen) atoms. The number of nitrogens with one attached hydrogen (secondary N) is 2. The molecule has 0 fully saturated rings. The normalized spacial score (nSPS) is 17.7. The first kappa shape index (κ1) is 16.0. The summed E-state index contributed by atoms with van der Waals surface area (Å²) in [7, 11) is 0. The predicted octanol–water partition coefficient (Wildman–Crippen LogP) is 2.60. The van der Waals surface area contributed by atoms with Crippen molar-refractivity contribution in [1.29, 1.82) is 0 Å². The molecule has 0 bridgehead atoms. The van der Waals surface area contributed by atoms with Crippen molar-refractivity contribution >= 4 is 11.8 Å². The smallest absolute Gasteiger partial charge is 0.291 e. The highest BCUT2D eigenvalue weighted by Gasteiger charge is 2.37. The molecule has 0 saturated heterocycles. The second-order valence-corrected chi connectivity index (χ2v) is 6.13. The lowest BCUT2D eigenvalue weighted by atomic mass is 10.1. The highest BCUT2D eigenvalue weighted by molar-refractivity contribution is 8.02. The Balaban J connectivity index is 2.24. The fourth-order valence-electron chi connectivity index (χ4n) is 1.89. The molecule has 2 N–H and O–H groups in total. The summed E-state index contributed by atoms with van der Waals surface area (Å²) < 4.78 is 39.8. The van der Waals surface area contributed by atoms with Gasteiger partial charge in [0.1, 0.15) is 11.3 Å². The van der Waals surface area contributed by atoms with E-state index in [0.29, 0.717) is 5.03 Å². The first-order chi connectivity index (χ1) is 9.64. The number of halogens is 3. The minimum Gasteiger partial charge on any atom is -0.291 e. The van der Waals surface area contributed by atoms with Crippen LogP contribution in [-0.2, 0) is 23.3 Å². The summed E-state index contributed by atoms with van der Waals surface area (Å²) in [5.74, 6) is -0.0878. The van der Waals surface area contributed by atoms with Crippen LogP contribution in [0.1, 0.15) is 32.0 Å². The molecule has 2 heterocycles. The van der Waals surface area contributed by atoms with E-state index in [-0.39, 0.29) is 17.9 Å². The molecule has 0 saturated carbocycles. The van der Waals surface area contributed by atoms with Crippen LogP contribution < -0.4 is 11.0 Å². The van der Waals surface area contributed by atoms with Crippen molar-refractivity contribution in [3.8, 4) is 0 Å². The average molecular weight is 323 g/mol. The van der Waals surface area contributed by atoms with Gasteiger partial charge in [0.15, 0.2) is 0 Å². The lowest BCUT2D eigenvalue weighted by Crippen LogP contribution is -2.20. The van der Waals surface area contributed by atoms with Gasteiger partial charge < -0.3 is 0 Å². The number of thioether (sulfide) groups is 1. The van der Waals surface area contributed by atoms with E-state index in [1.54, 1.807) is 13.0 Å². The van der Waals surface area contributed by atoms with Crippen molar-refractivity contribution in [2.24, 2.45) is 0 Å². The molecule has 0 unspecified atom stereocenters. The highest BCUT2D eigenvalue weighted by atomic mass is 32.2. The number of H-pyrrole nitrogens is 1. The Kier molecular flexibility index (Phi) is 4.16. The second kappa shape index (κ2) is 5.45. The summed E-state index contributed by atoms with van der Waals surface area (Å²) in [6.45, 7) is 5.39. The van der Waals surface area contributed by atoms with Crippen LogP contribution in [-0.4, -0.2) is 15.4 Å². The maximum absolute atomic E-state index is 13.0. The average Bonchev–Trinajstić information content (AvgIpc) is 2.86. The van der Waals surface area contributed by atoms with Crippen LogP contribution in [0, 0.1) is 0 Å². The van der Waals surface area contributed by atoms with Crippen molar-refractivity contribution in [3.63, 3.8) is 0 Å². The standard InChI is InChI=1S/C12H16F3N3O2S/c1-4-18-10(19)7(9(16-18)12(13,14)15)6-21-8-5-11(2,3)20-17-8/h5,16-17H,4,6H2,1-3H3. The molecule has 2 rings (SSSR count). The number of nitrogens with zero attached hydrogens (tertiary/aromatic N) is 1. The van der Waals surface area contributed by atoms with Crippen molar-refractivity contribution in [2.45, 2.75) is 44.8 Å². The van der Waals surface area contributed by atoms with Gasteiger partial charge in [-0.2, -0.15) is 13.2 Å². The fraction of sp³-hybridized carbons (Fsp3) is 0.583. The summed E-state index contributed by atoms with van der Waals surface area (Å²) in [5, 5.41) is 2.72. The lowest BCUT2D eigenvalue weighted by Gasteiger charge is -2.11. The predicted molar refractivity (Wildman–Crippen MR) is 73.4 cm³/mol. The molecule has 0 spiro atoms. The lowest BCUT2D eigenvalue weighted by molar-refractivity contribution is -0.142. The zero-order valence-electron chi connectivity index (χ0n) is 11.8. The molecular formula is C12H16F3N3O2S. The molecule has 0 radical (unpaired) electrons. The molecule has 9 heteroatoms. The van der Waals surface area contributed by atoms with Crippen molar-refractivity contribution in [1.82, 2.24) is 15.3 Å². The van der Waals surface area contributed by atoms with Gasteiger partial charge in [-0.1, -0.05) is 0 Å². The van der Waals surface area contributed by atoms with E-state index in [9.17, 15) is 18.0 Å². The van der Waals surface area contributed by atoms with E-state index >= 15 is 0 Å². The quantitative estimate of drug-likeness (QED) is 0.894. The van der Waals surface area contributed by atoms with Gasteiger partial charge in [-0.15, -0.1) is 11.8 Å². The molecule has 1 aliphatic heterocycles. The Hall–Kier alpha value is -1.35. The van der Waals surface area contributed by atoms with Gasteiger partial charge in [-0.3, -0.25) is 24.9 Å². The van der Waals surface area contributed by atoms with E-state index < -0.39 is 23.0 Å². The summed E-state index contributed by atoms with van der Waals surface area (Å²) in [6.07, 6.45) is -2.82. The van der Waals surface area contributed by atoms with E-state index in [4.69, 9.17) is 4.84 Å². The van der Waals surface area contributed by atoms with E-state index in [0.717, 1.165) is 16.4 Å². The third-order valence-electron chi connectivity index (χ3n) is 2.92. The van der Waals surface area contributed by atoms with Gasteiger partial charge in [-0.25, -0.2) is 0 Å². The number of rotatable bonds is 4. The zero-order chi connectivity index (χ0) is 15.8. The SMILES string of the molecule is CCn1[nH]c(C(F)(F)F)c(CSC2=CC(C)(C)ON2)c1=O. The van der Waals surface area contributed by atoms with Gasteiger partial charge >= 0.3 is 6.18 Å². The second-order valence-electron chi connectivity index (χ2n) is 5.12. The molecule has 1 aliphatic rings. The van der Waals surface area contributed by atoms with Crippen molar-refractivity contribution in [3.05, 3.63) is 32.7 Å². The molecule has 0 atom stereocenters. The first-order valence-corrected chi connectivity index (χ1v) is 7.31. The molecule has 118 valence electrons. The minimum absolute atomic E-state index is 0.0878. The Labute approximate surface area is 123 Å². The Bertz CT molecular complexity index is 616. The number of alkyl halides is 3. The third kappa shape index (κ3) is 3.46. The number of aryl methyl sites for hydroxylation is 1. The summed E-state index contributed by atoms with van der Waals surface area (Å²) >= 11 is 1.10. The summed E-state index contributed by atoms with van der Waals surface area (Å²) in [6, 6.07) is 0. The van der Waals surface area contributed by atoms with E-state index in [2.05, 4.69) is 10.6 Å². The largest absolute Gasteiger partial charge is 0.433 e. The maximum atomic E-state index is 13.0. The van der Waals surface area contributed by atoms with Crippen LogP contribution in [0.3, 0.4) is 0 Å². The topological polar surface area (TPSA) is 59.0 Å². The monoisotopic (exact) mass is 323 g/mol. The van der Waals surface area contributed by atoms with Crippen LogP contribution in [0.15, 0.2) is 15.9 Å². The first-order valence-electron chi connectivity index (χ1n) is 6.32. The number of aromatic nitrogens is 2. The van der Waals surface area contributed by atoms with Crippen LogP contribution >= 0.6 is 11.8 Å². The van der Waals surface area contributed by atoms with Gasteiger partial charge in [-0.05, 0) is 26.8 Å². The van der Waals surface area contributed by atoms with Gasteiger partial charge in [0.2, 0.25) is 0 Å². The molecular weight excluding hydrogens is 307 g/mol. The number of hydroxylamine groups is 1. The Morgan fingerprint density at radius 1 is 1.43 bits per heavy atom. The van der Waals surface area contributed by atoms with Crippen molar-refractivity contribution < 1.29 is 18.0 Å². The number of hydrogen-bond acceptors (Lipinski definition) is 4. The molecule has 0 aromatic carbocycles. The third-order valence-corrected chi connectivity index (χ3v) is 3.86. The summed E-state index contributed by atoms with van der Waals surface area (Å²) in [4.78, 5) is 17.2. The Morgan fingerprint density at radius 3 is 2.57 bits per heavy atom. The van der Waals surface area contributed by atoms with E-state index in [1.165, 1.54) is 0 Å². The van der Waals surface area contributed by atoms with Gasteiger partial charge in [0.05, 0.1) is 10.6 Å². The fourth-order valence-corrected chi connectivity index (χ4v) is 2.93. The molecule has 1 aromatic heterocycles. The van der Waals surface area contributed by atoms with Gasteiger partial charge in [0.25, 0.3) is 5.56 Å². The Morgan fingerprint density at radius 2 is 2.10 bits per heavy atom. The van der Waals surface area contributed by atoms with Crippen LogP contribution in [0.2, 0.25) is 0 Å². The van der Waals surface area contributed by atoms with E-state index in [1.807, 2.05) is 13.8 Å². The minimum atomic E-state index is -4.58. The highest BCUT2D eigenvalue weighted by Crippen LogP contribution is 2.33. The molecule has 5 nitrogen and oxygen atoms in total.